The summed E-state index contributed by atoms with van der Waals surface area (Å²) in [6.07, 6.45) is 0. The van der Waals surface area contributed by atoms with Gasteiger partial charge in [-0.1, -0.05) is 28.1 Å². The summed E-state index contributed by atoms with van der Waals surface area (Å²) in [5, 5.41) is 14.6. The lowest BCUT2D eigenvalue weighted by molar-refractivity contribution is 1.05. The summed E-state index contributed by atoms with van der Waals surface area (Å²) in [4.78, 5) is 9.22. The van der Waals surface area contributed by atoms with Crippen LogP contribution in [-0.4, -0.2) is 20.2 Å². The molecule has 0 fully saturated rings. The molecule has 2 aromatic heterocycles. The summed E-state index contributed by atoms with van der Waals surface area (Å²) < 4.78 is 1.02. The van der Waals surface area contributed by atoms with Crippen molar-refractivity contribution in [3.05, 3.63) is 64.8 Å². The van der Waals surface area contributed by atoms with E-state index in [2.05, 4.69) is 46.7 Å². The summed E-state index contributed by atoms with van der Waals surface area (Å²) in [5.74, 6) is 1.95. The number of fused-ring (bicyclic) bond motifs is 1. The van der Waals surface area contributed by atoms with Crippen LogP contribution < -0.4 is 10.6 Å². The first kappa shape index (κ1) is 15.6. The number of halogens is 1. The molecule has 0 bridgehead atoms. The second-order valence-corrected chi connectivity index (χ2v) is 6.52. The highest BCUT2D eigenvalue weighted by atomic mass is 79.9. The molecule has 0 atom stereocenters. The molecule has 0 aliphatic carbocycles. The highest BCUT2D eigenvalue weighted by Crippen LogP contribution is 2.26. The topological polar surface area (TPSA) is 78.5 Å². The van der Waals surface area contributed by atoms with Crippen molar-refractivity contribution in [3.63, 3.8) is 0 Å². The molecule has 4 aromatic rings. The first-order chi connectivity index (χ1) is 12.2. The summed E-state index contributed by atoms with van der Waals surface area (Å²) >= 11 is 3.44. The van der Waals surface area contributed by atoms with Crippen molar-refractivity contribution in [1.29, 1.82) is 0 Å². The van der Waals surface area contributed by atoms with Gasteiger partial charge in [-0.15, -0.1) is 0 Å². The van der Waals surface area contributed by atoms with Gasteiger partial charge in [0, 0.05) is 27.3 Å². The van der Waals surface area contributed by atoms with Crippen LogP contribution >= 0.6 is 15.9 Å². The Morgan fingerprint density at radius 2 is 1.76 bits per heavy atom. The summed E-state index contributed by atoms with van der Waals surface area (Å²) in [6.45, 7) is 1.96. The molecular weight excluding hydrogens is 380 g/mol. The molecular formula is C18H15BrN6. The molecule has 6 nitrogen and oxygen atoms in total. The standard InChI is InChI=1S/C18H15BrN6/c1-11-10-16(25-24-11)22-17-14-4-2-3-5-15(14)21-18(23-17)20-13-8-6-12(19)7-9-13/h2-10H,1H3,(H3,20,21,22,23,24,25). The lowest BCUT2D eigenvalue weighted by Crippen LogP contribution is -2.02. The van der Waals surface area contributed by atoms with E-state index in [9.17, 15) is 0 Å². The molecule has 0 amide bonds. The molecule has 0 saturated carbocycles. The predicted octanol–water partition coefficient (Wildman–Crippen LogP) is 4.91. The minimum atomic E-state index is 0.524. The number of H-pyrrole nitrogens is 1. The second-order valence-electron chi connectivity index (χ2n) is 5.61. The maximum atomic E-state index is 4.62. The molecule has 0 radical (unpaired) electrons. The van der Waals surface area contributed by atoms with E-state index in [0.29, 0.717) is 11.8 Å². The minimum Gasteiger partial charge on any atom is -0.324 e. The monoisotopic (exact) mass is 394 g/mol. The third-order valence-electron chi connectivity index (χ3n) is 3.66. The SMILES string of the molecule is Cc1cc(Nc2nc(Nc3ccc(Br)cc3)nc3ccccc23)n[nH]1. The Labute approximate surface area is 152 Å². The molecule has 25 heavy (non-hydrogen) atoms. The first-order valence-corrected chi connectivity index (χ1v) is 8.55. The van der Waals surface area contributed by atoms with Gasteiger partial charge in [0.1, 0.15) is 5.82 Å². The van der Waals surface area contributed by atoms with Gasteiger partial charge in [0.05, 0.1) is 5.52 Å². The van der Waals surface area contributed by atoms with E-state index in [0.717, 1.165) is 32.6 Å². The average molecular weight is 395 g/mol. The van der Waals surface area contributed by atoms with Gasteiger partial charge in [0.15, 0.2) is 5.82 Å². The second kappa shape index (κ2) is 6.52. The van der Waals surface area contributed by atoms with E-state index in [1.165, 1.54) is 0 Å². The smallest absolute Gasteiger partial charge is 0.229 e. The van der Waals surface area contributed by atoms with Crippen molar-refractivity contribution in [2.45, 2.75) is 6.92 Å². The van der Waals surface area contributed by atoms with Crippen LogP contribution in [0.25, 0.3) is 10.9 Å². The van der Waals surface area contributed by atoms with Gasteiger partial charge >= 0.3 is 0 Å². The Morgan fingerprint density at radius 1 is 0.960 bits per heavy atom. The number of nitrogens with one attached hydrogen (secondary N) is 3. The largest absolute Gasteiger partial charge is 0.324 e. The van der Waals surface area contributed by atoms with Crippen LogP contribution in [0.15, 0.2) is 59.1 Å². The van der Waals surface area contributed by atoms with Crippen LogP contribution in [0.2, 0.25) is 0 Å². The molecule has 4 rings (SSSR count). The molecule has 2 aromatic carbocycles. The van der Waals surface area contributed by atoms with Crippen LogP contribution in [-0.2, 0) is 0 Å². The summed E-state index contributed by atoms with van der Waals surface area (Å²) in [5.41, 5.74) is 2.75. The summed E-state index contributed by atoms with van der Waals surface area (Å²) in [6, 6.07) is 17.7. The highest BCUT2D eigenvalue weighted by molar-refractivity contribution is 9.10. The Balaban J connectivity index is 1.73. The number of benzene rings is 2. The maximum absolute atomic E-state index is 4.62. The van der Waals surface area contributed by atoms with E-state index < -0.39 is 0 Å². The zero-order valence-corrected chi connectivity index (χ0v) is 15.0. The van der Waals surface area contributed by atoms with Crippen molar-refractivity contribution in [3.8, 4) is 0 Å². The molecule has 0 aliphatic rings. The highest BCUT2D eigenvalue weighted by Gasteiger charge is 2.09. The van der Waals surface area contributed by atoms with Crippen LogP contribution in [0, 0.1) is 6.92 Å². The Morgan fingerprint density at radius 3 is 2.52 bits per heavy atom. The van der Waals surface area contributed by atoms with Crippen molar-refractivity contribution >= 4 is 50.1 Å². The number of aryl methyl sites for hydroxylation is 1. The van der Waals surface area contributed by atoms with Crippen LogP contribution in [0.3, 0.4) is 0 Å². The fraction of sp³-hybridized carbons (Fsp3) is 0.0556. The molecule has 0 unspecified atom stereocenters. The number of aromatic amines is 1. The summed E-state index contributed by atoms with van der Waals surface area (Å²) in [7, 11) is 0. The van der Waals surface area contributed by atoms with Gasteiger partial charge in [0.25, 0.3) is 0 Å². The molecule has 0 aliphatic heterocycles. The zero-order chi connectivity index (χ0) is 17.2. The van der Waals surface area contributed by atoms with Crippen LogP contribution in [0.4, 0.5) is 23.3 Å². The third kappa shape index (κ3) is 3.46. The number of anilines is 4. The van der Waals surface area contributed by atoms with E-state index in [4.69, 9.17) is 0 Å². The maximum Gasteiger partial charge on any atom is 0.229 e. The fourth-order valence-corrected chi connectivity index (χ4v) is 2.76. The van der Waals surface area contributed by atoms with Crippen molar-refractivity contribution in [1.82, 2.24) is 20.2 Å². The molecule has 0 saturated heterocycles. The molecule has 124 valence electrons. The Bertz CT molecular complexity index is 1030. The van der Waals surface area contributed by atoms with Crippen molar-refractivity contribution < 1.29 is 0 Å². The van der Waals surface area contributed by atoms with Crippen LogP contribution in [0.5, 0.6) is 0 Å². The van der Waals surface area contributed by atoms with E-state index >= 15 is 0 Å². The third-order valence-corrected chi connectivity index (χ3v) is 4.18. The predicted molar refractivity (Wildman–Crippen MR) is 104 cm³/mol. The lowest BCUT2D eigenvalue weighted by Gasteiger charge is -2.10. The fourth-order valence-electron chi connectivity index (χ4n) is 2.49. The van der Waals surface area contributed by atoms with Gasteiger partial charge in [-0.2, -0.15) is 10.1 Å². The number of hydrogen-bond acceptors (Lipinski definition) is 5. The molecule has 0 spiro atoms. The quantitative estimate of drug-likeness (QED) is 0.458. The Hall–Kier alpha value is -2.93. The number of rotatable bonds is 4. The zero-order valence-electron chi connectivity index (χ0n) is 13.4. The lowest BCUT2D eigenvalue weighted by atomic mass is 10.2. The number of hydrogen-bond donors (Lipinski definition) is 3. The first-order valence-electron chi connectivity index (χ1n) is 7.76. The number of aromatic nitrogens is 4. The van der Waals surface area contributed by atoms with E-state index in [-0.39, 0.29) is 0 Å². The molecule has 2 heterocycles. The number of nitrogens with zero attached hydrogens (tertiary/aromatic N) is 3. The van der Waals surface area contributed by atoms with Crippen molar-refractivity contribution in [2.24, 2.45) is 0 Å². The van der Waals surface area contributed by atoms with E-state index in [1.54, 1.807) is 0 Å². The van der Waals surface area contributed by atoms with Gasteiger partial charge in [-0.3, -0.25) is 5.10 Å². The minimum absolute atomic E-state index is 0.524. The van der Waals surface area contributed by atoms with Gasteiger partial charge in [-0.05, 0) is 43.3 Å². The van der Waals surface area contributed by atoms with E-state index in [1.807, 2.05) is 61.5 Å². The normalized spacial score (nSPS) is 10.8. The van der Waals surface area contributed by atoms with Crippen molar-refractivity contribution in [2.75, 3.05) is 10.6 Å². The Kier molecular flexibility index (Phi) is 4.07. The van der Waals surface area contributed by atoms with Crippen LogP contribution in [0.1, 0.15) is 5.69 Å². The van der Waals surface area contributed by atoms with Gasteiger partial charge in [-0.25, -0.2) is 4.98 Å². The number of para-hydroxylation sites is 1. The molecule has 3 N–H and O–H groups in total. The van der Waals surface area contributed by atoms with Gasteiger partial charge in [0.2, 0.25) is 5.95 Å². The molecule has 7 heteroatoms. The average Bonchev–Trinajstić information content (AvgIpc) is 3.02. The van der Waals surface area contributed by atoms with Gasteiger partial charge < -0.3 is 10.6 Å².